The van der Waals surface area contributed by atoms with Gasteiger partial charge in [0, 0.05) is 37.3 Å². The van der Waals surface area contributed by atoms with Gasteiger partial charge in [0.05, 0.1) is 11.6 Å². The normalized spacial score (nSPS) is 16.9. The van der Waals surface area contributed by atoms with E-state index in [2.05, 4.69) is 15.2 Å². The molecule has 2 aromatic heterocycles. The van der Waals surface area contributed by atoms with E-state index in [1.165, 1.54) is 0 Å². The van der Waals surface area contributed by atoms with E-state index in [0.717, 1.165) is 22.6 Å². The van der Waals surface area contributed by atoms with Gasteiger partial charge in [0.15, 0.2) is 11.6 Å². The molecule has 0 saturated carbocycles. The molecule has 1 unspecified atom stereocenters. The predicted molar refractivity (Wildman–Crippen MR) is 91.9 cm³/mol. The number of hydrogen-bond donors (Lipinski definition) is 0. The molecule has 3 heterocycles. The second-order valence-corrected chi connectivity index (χ2v) is 6.14. The Hall–Kier alpha value is -2.80. The topological polar surface area (TPSA) is 73.1 Å². The molecule has 7 heteroatoms. The standard InChI is InChI=1S/C18H19N5O2/c1-12-17-21-20-16(11-25-2)23(17)9-8-22(12)18(24)14-5-6-15-13(10-14)4-3-7-19-15/h3-7,10,12H,8-9,11H2,1-2H3. The first-order valence-electron chi connectivity index (χ1n) is 8.25. The molecule has 1 amide bonds. The lowest BCUT2D eigenvalue weighted by Gasteiger charge is -2.33. The summed E-state index contributed by atoms with van der Waals surface area (Å²) in [4.78, 5) is 19.2. The number of amides is 1. The molecule has 1 aromatic carbocycles. The summed E-state index contributed by atoms with van der Waals surface area (Å²) >= 11 is 0. The molecule has 0 saturated heterocycles. The van der Waals surface area contributed by atoms with Crippen LogP contribution in [0.4, 0.5) is 0 Å². The number of fused-ring (bicyclic) bond motifs is 2. The average Bonchev–Trinajstić information content (AvgIpc) is 3.05. The van der Waals surface area contributed by atoms with Crippen LogP contribution < -0.4 is 0 Å². The Kier molecular flexibility index (Phi) is 3.93. The van der Waals surface area contributed by atoms with Crippen LogP contribution in [0.3, 0.4) is 0 Å². The molecule has 0 bridgehead atoms. The van der Waals surface area contributed by atoms with E-state index < -0.39 is 0 Å². The van der Waals surface area contributed by atoms with Crippen molar-refractivity contribution in [2.24, 2.45) is 0 Å². The van der Waals surface area contributed by atoms with Crippen LogP contribution in [0.1, 0.15) is 35.0 Å². The van der Waals surface area contributed by atoms with Crippen LogP contribution in [-0.2, 0) is 17.9 Å². The van der Waals surface area contributed by atoms with Crippen LogP contribution in [0, 0.1) is 0 Å². The molecule has 7 nitrogen and oxygen atoms in total. The van der Waals surface area contributed by atoms with E-state index in [1.54, 1.807) is 13.3 Å². The Morgan fingerprint density at radius 2 is 2.16 bits per heavy atom. The Morgan fingerprint density at radius 1 is 1.28 bits per heavy atom. The van der Waals surface area contributed by atoms with Crippen LogP contribution in [0.25, 0.3) is 10.9 Å². The van der Waals surface area contributed by atoms with Crippen LogP contribution in [0.2, 0.25) is 0 Å². The number of aromatic nitrogens is 4. The average molecular weight is 337 g/mol. The third-order valence-electron chi connectivity index (χ3n) is 4.65. The lowest BCUT2D eigenvalue weighted by Crippen LogP contribution is -2.41. The Morgan fingerprint density at radius 3 is 3.00 bits per heavy atom. The molecule has 0 radical (unpaired) electrons. The quantitative estimate of drug-likeness (QED) is 0.732. The van der Waals surface area contributed by atoms with Gasteiger partial charge in [0.2, 0.25) is 0 Å². The van der Waals surface area contributed by atoms with E-state index in [9.17, 15) is 4.79 Å². The Balaban J connectivity index is 1.63. The summed E-state index contributed by atoms with van der Waals surface area (Å²) in [6, 6.07) is 9.32. The van der Waals surface area contributed by atoms with Crippen molar-refractivity contribution in [3.8, 4) is 0 Å². The number of nitrogens with zero attached hydrogens (tertiary/aromatic N) is 5. The molecule has 1 atom stereocenters. The van der Waals surface area contributed by atoms with Crippen LogP contribution in [0.5, 0.6) is 0 Å². The van der Waals surface area contributed by atoms with Gasteiger partial charge in [-0.2, -0.15) is 0 Å². The minimum absolute atomic E-state index is 0.000736. The summed E-state index contributed by atoms with van der Waals surface area (Å²) in [6.45, 7) is 3.70. The van der Waals surface area contributed by atoms with Crippen LogP contribution >= 0.6 is 0 Å². The van der Waals surface area contributed by atoms with Crippen LogP contribution in [-0.4, -0.2) is 44.2 Å². The first-order chi connectivity index (χ1) is 12.2. The zero-order chi connectivity index (χ0) is 17.4. The van der Waals surface area contributed by atoms with Gasteiger partial charge in [-0.1, -0.05) is 6.07 Å². The van der Waals surface area contributed by atoms with Crippen molar-refractivity contribution in [2.75, 3.05) is 13.7 Å². The largest absolute Gasteiger partial charge is 0.377 e. The van der Waals surface area contributed by atoms with Crippen molar-refractivity contribution < 1.29 is 9.53 Å². The monoisotopic (exact) mass is 337 g/mol. The van der Waals surface area contributed by atoms with Gasteiger partial charge in [-0.15, -0.1) is 10.2 Å². The maximum Gasteiger partial charge on any atom is 0.254 e. The summed E-state index contributed by atoms with van der Waals surface area (Å²) in [5.41, 5.74) is 1.55. The molecular formula is C18H19N5O2. The van der Waals surface area contributed by atoms with Crippen molar-refractivity contribution in [2.45, 2.75) is 26.1 Å². The summed E-state index contributed by atoms with van der Waals surface area (Å²) in [6.07, 6.45) is 1.75. The lowest BCUT2D eigenvalue weighted by atomic mass is 10.1. The molecule has 1 aliphatic heterocycles. The second kappa shape index (κ2) is 6.25. The van der Waals surface area contributed by atoms with Crippen molar-refractivity contribution in [3.63, 3.8) is 0 Å². The molecule has 128 valence electrons. The first-order valence-corrected chi connectivity index (χ1v) is 8.25. The van der Waals surface area contributed by atoms with Gasteiger partial charge in [0.1, 0.15) is 6.61 Å². The summed E-state index contributed by atoms with van der Waals surface area (Å²) < 4.78 is 7.21. The first kappa shape index (κ1) is 15.7. The summed E-state index contributed by atoms with van der Waals surface area (Å²) in [5.74, 6) is 1.60. The Bertz CT molecular complexity index is 936. The highest BCUT2D eigenvalue weighted by Gasteiger charge is 2.31. The van der Waals surface area contributed by atoms with E-state index in [1.807, 2.05) is 46.7 Å². The molecule has 0 fully saturated rings. The number of carbonyl (C=O) groups excluding carboxylic acids is 1. The maximum absolute atomic E-state index is 13.0. The molecule has 0 N–H and O–H groups in total. The fraction of sp³-hybridized carbons (Fsp3) is 0.333. The van der Waals surface area contributed by atoms with Crippen molar-refractivity contribution in [3.05, 3.63) is 53.7 Å². The predicted octanol–water partition coefficient (Wildman–Crippen LogP) is 2.19. The number of hydrogen-bond acceptors (Lipinski definition) is 5. The van der Waals surface area contributed by atoms with E-state index >= 15 is 0 Å². The molecule has 3 aromatic rings. The third kappa shape index (κ3) is 2.66. The number of ether oxygens (including phenoxy) is 1. The summed E-state index contributed by atoms with van der Waals surface area (Å²) in [5, 5.41) is 9.41. The number of rotatable bonds is 3. The SMILES string of the molecule is COCc1nnc2n1CCN(C(=O)c1ccc3ncccc3c1)C2C. The van der Waals surface area contributed by atoms with Crippen LogP contribution in [0.15, 0.2) is 36.5 Å². The fourth-order valence-electron chi connectivity index (χ4n) is 3.33. The molecule has 0 aliphatic carbocycles. The van der Waals surface area contributed by atoms with Crippen molar-refractivity contribution in [1.29, 1.82) is 0 Å². The minimum Gasteiger partial charge on any atom is -0.377 e. The van der Waals surface area contributed by atoms with Gasteiger partial charge >= 0.3 is 0 Å². The molecule has 4 rings (SSSR count). The third-order valence-corrected chi connectivity index (χ3v) is 4.65. The second-order valence-electron chi connectivity index (χ2n) is 6.14. The number of benzene rings is 1. The maximum atomic E-state index is 13.0. The van der Waals surface area contributed by atoms with Gasteiger partial charge in [-0.25, -0.2) is 0 Å². The Labute approximate surface area is 145 Å². The highest BCUT2D eigenvalue weighted by atomic mass is 16.5. The number of pyridine rings is 1. The smallest absolute Gasteiger partial charge is 0.254 e. The molecule has 1 aliphatic rings. The van der Waals surface area contributed by atoms with E-state index in [-0.39, 0.29) is 11.9 Å². The molecular weight excluding hydrogens is 318 g/mol. The van der Waals surface area contributed by atoms with Gasteiger partial charge in [-0.05, 0) is 31.2 Å². The minimum atomic E-state index is -0.135. The van der Waals surface area contributed by atoms with E-state index in [4.69, 9.17) is 4.74 Å². The van der Waals surface area contributed by atoms with E-state index in [0.29, 0.717) is 25.3 Å². The number of carbonyl (C=O) groups is 1. The fourth-order valence-corrected chi connectivity index (χ4v) is 3.33. The highest BCUT2D eigenvalue weighted by molar-refractivity contribution is 5.98. The zero-order valence-corrected chi connectivity index (χ0v) is 14.2. The zero-order valence-electron chi connectivity index (χ0n) is 14.2. The van der Waals surface area contributed by atoms with Gasteiger partial charge < -0.3 is 14.2 Å². The lowest BCUT2D eigenvalue weighted by molar-refractivity contribution is 0.0632. The van der Waals surface area contributed by atoms with Gasteiger partial charge in [0.25, 0.3) is 5.91 Å². The van der Waals surface area contributed by atoms with Gasteiger partial charge in [-0.3, -0.25) is 9.78 Å². The molecule has 0 spiro atoms. The highest BCUT2D eigenvalue weighted by Crippen LogP contribution is 2.27. The number of methoxy groups -OCH3 is 1. The van der Waals surface area contributed by atoms with Crippen molar-refractivity contribution >= 4 is 16.8 Å². The summed E-state index contributed by atoms with van der Waals surface area (Å²) in [7, 11) is 1.64. The molecule has 25 heavy (non-hydrogen) atoms. The van der Waals surface area contributed by atoms with Crippen molar-refractivity contribution in [1.82, 2.24) is 24.6 Å².